The Balaban J connectivity index is 1.69. The average Bonchev–Trinajstić information content (AvgIpc) is 3.15. The van der Waals surface area contributed by atoms with Gasteiger partial charge in [0.05, 0.1) is 6.26 Å². The smallest absolute Gasteiger partial charge is 0.141 e. The number of rotatable bonds is 4. The zero-order chi connectivity index (χ0) is 17.5. The molecular formula is C25H22O. The Morgan fingerprint density at radius 2 is 1.50 bits per heavy atom. The first-order valence-electron chi connectivity index (χ1n) is 9.59. The highest BCUT2D eigenvalue weighted by Crippen LogP contribution is 2.34. The molecule has 5 rings (SSSR count). The minimum atomic E-state index is 0.982. The predicted octanol–water partition coefficient (Wildman–Crippen LogP) is 7.63. The first-order valence-corrected chi connectivity index (χ1v) is 9.59. The van der Waals surface area contributed by atoms with Gasteiger partial charge in [-0.15, -0.1) is 0 Å². The summed E-state index contributed by atoms with van der Waals surface area (Å²) in [5.74, 6) is 0. The van der Waals surface area contributed by atoms with Crippen LogP contribution in [0.25, 0.3) is 43.3 Å². The van der Waals surface area contributed by atoms with Crippen molar-refractivity contribution in [1.82, 2.24) is 0 Å². The number of furan rings is 1. The number of fused-ring (bicyclic) bond motifs is 6. The van der Waals surface area contributed by atoms with Crippen molar-refractivity contribution in [2.45, 2.75) is 32.6 Å². The third kappa shape index (κ3) is 2.47. The Morgan fingerprint density at radius 3 is 2.42 bits per heavy atom. The second-order valence-electron chi connectivity index (χ2n) is 7.28. The highest BCUT2D eigenvalue weighted by molar-refractivity contribution is 6.17. The van der Waals surface area contributed by atoms with E-state index in [0.717, 1.165) is 11.0 Å². The van der Waals surface area contributed by atoms with Crippen LogP contribution >= 0.6 is 0 Å². The fraction of sp³-hybridized carbons (Fsp3) is 0.200. The fourth-order valence-corrected chi connectivity index (χ4v) is 4.10. The molecule has 0 radical (unpaired) electrons. The third-order valence-corrected chi connectivity index (χ3v) is 5.52. The predicted molar refractivity (Wildman–Crippen MR) is 112 cm³/mol. The Bertz CT molecular complexity index is 1240. The van der Waals surface area contributed by atoms with Crippen LogP contribution in [-0.4, -0.2) is 0 Å². The Hall–Kier alpha value is -2.80. The molecule has 26 heavy (non-hydrogen) atoms. The largest absolute Gasteiger partial charge is 0.464 e. The molecule has 0 bridgehead atoms. The van der Waals surface area contributed by atoms with Crippen molar-refractivity contribution in [2.75, 3.05) is 0 Å². The van der Waals surface area contributed by atoms with Crippen LogP contribution < -0.4 is 0 Å². The summed E-state index contributed by atoms with van der Waals surface area (Å²) in [6.07, 6.45) is 6.81. The number of benzene rings is 4. The molecule has 5 aromatic rings. The second kappa shape index (κ2) is 6.17. The van der Waals surface area contributed by atoms with Crippen LogP contribution in [0.2, 0.25) is 0 Å². The summed E-state index contributed by atoms with van der Waals surface area (Å²) in [5, 5.41) is 8.85. The molecule has 0 atom stereocenters. The maximum atomic E-state index is 5.73. The summed E-state index contributed by atoms with van der Waals surface area (Å²) < 4.78 is 5.73. The molecular weight excluding hydrogens is 316 g/mol. The topological polar surface area (TPSA) is 13.1 Å². The monoisotopic (exact) mass is 338 g/mol. The quantitative estimate of drug-likeness (QED) is 0.186. The number of hydrogen-bond donors (Lipinski definition) is 0. The summed E-state index contributed by atoms with van der Waals surface area (Å²) in [4.78, 5) is 0. The first-order chi connectivity index (χ1) is 12.8. The molecule has 4 aromatic carbocycles. The van der Waals surface area contributed by atoms with Crippen molar-refractivity contribution in [3.63, 3.8) is 0 Å². The Labute approximate surface area is 153 Å². The molecule has 0 amide bonds. The van der Waals surface area contributed by atoms with Gasteiger partial charge in [0.1, 0.15) is 5.58 Å². The van der Waals surface area contributed by atoms with E-state index in [-0.39, 0.29) is 0 Å². The molecule has 1 heteroatoms. The van der Waals surface area contributed by atoms with Crippen LogP contribution in [0.4, 0.5) is 0 Å². The maximum Gasteiger partial charge on any atom is 0.141 e. The highest BCUT2D eigenvalue weighted by Gasteiger charge is 2.08. The van der Waals surface area contributed by atoms with Crippen LogP contribution in [0.5, 0.6) is 0 Å². The zero-order valence-electron chi connectivity index (χ0n) is 15.1. The van der Waals surface area contributed by atoms with Gasteiger partial charge < -0.3 is 4.42 Å². The molecule has 1 aromatic heterocycles. The minimum Gasteiger partial charge on any atom is -0.464 e. The lowest BCUT2D eigenvalue weighted by Crippen LogP contribution is -1.86. The van der Waals surface area contributed by atoms with Crippen LogP contribution in [0, 0.1) is 0 Å². The lowest BCUT2D eigenvalue weighted by atomic mass is 9.96. The maximum absolute atomic E-state index is 5.73. The lowest BCUT2D eigenvalue weighted by molar-refractivity contribution is 0.619. The van der Waals surface area contributed by atoms with Gasteiger partial charge in [0, 0.05) is 10.8 Å². The van der Waals surface area contributed by atoms with E-state index in [4.69, 9.17) is 4.42 Å². The number of aryl methyl sites for hydroxylation is 1. The van der Waals surface area contributed by atoms with Crippen LogP contribution in [0.1, 0.15) is 31.7 Å². The van der Waals surface area contributed by atoms with Gasteiger partial charge in [0.2, 0.25) is 0 Å². The molecule has 0 spiro atoms. The van der Waals surface area contributed by atoms with Crippen LogP contribution in [0.15, 0.2) is 71.3 Å². The summed E-state index contributed by atoms with van der Waals surface area (Å²) >= 11 is 0. The van der Waals surface area contributed by atoms with E-state index < -0.39 is 0 Å². The number of unbranched alkanes of at least 4 members (excludes halogenated alkanes) is 2. The summed E-state index contributed by atoms with van der Waals surface area (Å²) in [5.41, 5.74) is 2.43. The van der Waals surface area contributed by atoms with Crippen molar-refractivity contribution in [3.8, 4) is 0 Å². The van der Waals surface area contributed by atoms with Gasteiger partial charge >= 0.3 is 0 Å². The molecule has 0 fully saturated rings. The van der Waals surface area contributed by atoms with Crippen molar-refractivity contribution in [2.24, 2.45) is 0 Å². The average molecular weight is 338 g/mol. The first kappa shape index (κ1) is 15.5. The molecule has 1 nitrogen and oxygen atoms in total. The minimum absolute atomic E-state index is 0.982. The molecule has 0 saturated heterocycles. The molecule has 0 saturated carbocycles. The van der Waals surface area contributed by atoms with E-state index in [0.29, 0.717) is 0 Å². The molecule has 0 aliphatic carbocycles. The summed E-state index contributed by atoms with van der Waals surface area (Å²) in [6, 6.07) is 22.4. The van der Waals surface area contributed by atoms with E-state index in [1.165, 1.54) is 63.6 Å². The Morgan fingerprint density at radius 1 is 0.654 bits per heavy atom. The normalized spacial score (nSPS) is 11.9. The fourth-order valence-electron chi connectivity index (χ4n) is 4.10. The molecule has 1 heterocycles. The lowest BCUT2D eigenvalue weighted by Gasteiger charge is -2.09. The third-order valence-electron chi connectivity index (χ3n) is 5.52. The van der Waals surface area contributed by atoms with Gasteiger partial charge in [0.25, 0.3) is 0 Å². The van der Waals surface area contributed by atoms with Gasteiger partial charge in [-0.3, -0.25) is 0 Å². The Kier molecular flexibility index (Phi) is 3.67. The van der Waals surface area contributed by atoms with Gasteiger partial charge in [-0.1, -0.05) is 56.2 Å². The standard InChI is InChI=1S/C25H22O/c1-2-3-4-5-17-6-7-19-16-24-20(15-21(19)14-17)9-11-23-22(24)10-8-18-12-13-26-25(18)23/h6-16H,2-5H2,1H3. The van der Waals surface area contributed by atoms with Gasteiger partial charge in [-0.25, -0.2) is 0 Å². The van der Waals surface area contributed by atoms with Crippen LogP contribution in [-0.2, 0) is 6.42 Å². The molecule has 0 aliphatic rings. The second-order valence-corrected chi connectivity index (χ2v) is 7.28. The van der Waals surface area contributed by atoms with Crippen molar-refractivity contribution in [1.29, 1.82) is 0 Å². The summed E-state index contributed by atoms with van der Waals surface area (Å²) in [6.45, 7) is 2.26. The van der Waals surface area contributed by atoms with E-state index >= 15 is 0 Å². The number of hydrogen-bond acceptors (Lipinski definition) is 1. The summed E-state index contributed by atoms with van der Waals surface area (Å²) in [7, 11) is 0. The van der Waals surface area contributed by atoms with E-state index in [2.05, 4.69) is 61.5 Å². The van der Waals surface area contributed by atoms with Gasteiger partial charge in [-0.2, -0.15) is 0 Å². The van der Waals surface area contributed by atoms with Crippen molar-refractivity contribution < 1.29 is 4.42 Å². The van der Waals surface area contributed by atoms with E-state index in [9.17, 15) is 0 Å². The van der Waals surface area contributed by atoms with Gasteiger partial charge in [0.15, 0.2) is 0 Å². The SMILES string of the molecule is CCCCCc1ccc2cc3c(ccc4c3ccc3ccoc34)cc2c1. The van der Waals surface area contributed by atoms with Gasteiger partial charge in [-0.05, 0) is 69.6 Å². The highest BCUT2D eigenvalue weighted by atomic mass is 16.3. The van der Waals surface area contributed by atoms with Crippen molar-refractivity contribution in [3.05, 3.63) is 72.5 Å². The molecule has 128 valence electrons. The van der Waals surface area contributed by atoms with E-state index in [1.807, 2.05) is 6.07 Å². The van der Waals surface area contributed by atoms with E-state index in [1.54, 1.807) is 6.26 Å². The molecule has 0 N–H and O–H groups in total. The van der Waals surface area contributed by atoms with Crippen LogP contribution in [0.3, 0.4) is 0 Å². The zero-order valence-corrected chi connectivity index (χ0v) is 15.1. The van der Waals surface area contributed by atoms with Crippen molar-refractivity contribution >= 4 is 43.3 Å². The molecule has 0 unspecified atom stereocenters. The molecule has 0 aliphatic heterocycles.